The van der Waals surface area contributed by atoms with Crippen LogP contribution >= 0.6 is 0 Å². The van der Waals surface area contributed by atoms with Crippen molar-refractivity contribution in [3.63, 3.8) is 0 Å². The van der Waals surface area contributed by atoms with E-state index in [9.17, 15) is 0 Å². The maximum Gasteiger partial charge on any atom is 0.291 e. The van der Waals surface area contributed by atoms with Crippen LogP contribution < -0.4 is 4.57 Å². The molecule has 7 rings (SSSR count). The number of para-hydroxylation sites is 1. The Kier molecular flexibility index (Phi) is 5.74. The Balaban J connectivity index is 1.42. The highest BCUT2D eigenvalue weighted by Crippen LogP contribution is 2.42. The van der Waals surface area contributed by atoms with Crippen molar-refractivity contribution in [1.29, 1.82) is 0 Å². The number of imidazole rings is 1. The number of nitrogens with zero attached hydrogens (tertiary/aromatic N) is 1. The van der Waals surface area contributed by atoms with Crippen molar-refractivity contribution in [2.75, 3.05) is 0 Å². The van der Waals surface area contributed by atoms with Gasteiger partial charge in [-0.15, -0.1) is 0 Å². The van der Waals surface area contributed by atoms with Crippen LogP contribution in [0, 0.1) is 0 Å². The monoisotopic (exact) mass is 503 g/mol. The van der Waals surface area contributed by atoms with E-state index in [0.29, 0.717) is 5.92 Å². The number of hydrogen-bond donors (Lipinski definition) is 1. The SMILES string of the molecule is CC(C)c1cccc2c1Cc1ccc(-c3[nH]cc[n+]3-c3c(-c4ccccc4)cccc3-c3ccccc3)cc1-2. The highest BCUT2D eigenvalue weighted by molar-refractivity contribution is 5.84. The molecule has 0 fully saturated rings. The largest absolute Gasteiger partial charge is 0.291 e. The number of fused-ring (bicyclic) bond motifs is 3. The lowest BCUT2D eigenvalue weighted by Crippen LogP contribution is -2.32. The first-order chi connectivity index (χ1) is 19.2. The van der Waals surface area contributed by atoms with Gasteiger partial charge in [0.1, 0.15) is 18.1 Å². The third-order valence-electron chi connectivity index (χ3n) is 8.01. The van der Waals surface area contributed by atoms with Crippen LogP contribution in [0.2, 0.25) is 0 Å². The van der Waals surface area contributed by atoms with Gasteiger partial charge in [0.05, 0.1) is 5.56 Å². The molecule has 0 saturated carbocycles. The predicted octanol–water partition coefficient (Wildman–Crippen LogP) is 8.99. The second-order valence-electron chi connectivity index (χ2n) is 10.7. The summed E-state index contributed by atoms with van der Waals surface area (Å²) in [6.07, 6.45) is 5.21. The van der Waals surface area contributed by atoms with Crippen molar-refractivity contribution in [3.05, 3.63) is 144 Å². The second-order valence-corrected chi connectivity index (χ2v) is 10.7. The van der Waals surface area contributed by atoms with Gasteiger partial charge in [-0.3, -0.25) is 0 Å². The summed E-state index contributed by atoms with van der Waals surface area (Å²) >= 11 is 0. The number of aromatic nitrogens is 2. The summed E-state index contributed by atoms with van der Waals surface area (Å²) in [5, 5.41) is 0. The molecule has 188 valence electrons. The summed E-state index contributed by atoms with van der Waals surface area (Å²) in [5.41, 5.74) is 14.3. The minimum atomic E-state index is 0.519. The van der Waals surface area contributed by atoms with Gasteiger partial charge in [-0.1, -0.05) is 117 Å². The molecule has 0 bridgehead atoms. The zero-order valence-corrected chi connectivity index (χ0v) is 22.4. The molecule has 2 heteroatoms. The minimum Gasteiger partial charge on any atom is -0.243 e. The lowest BCUT2D eigenvalue weighted by Gasteiger charge is -2.14. The lowest BCUT2D eigenvalue weighted by molar-refractivity contribution is -0.580. The van der Waals surface area contributed by atoms with E-state index in [1.165, 1.54) is 61.3 Å². The molecule has 0 aliphatic heterocycles. The average molecular weight is 504 g/mol. The standard InChI is InChI=1S/C37H30N2/c1-25(2)30-15-9-18-33-34-24-29(20-19-28(34)23-35(30)33)37-38-21-22-39(37)36-31(26-11-5-3-6-12-26)16-10-17-32(36)27-13-7-4-8-14-27/h3-22,24-25H,23H2,1-2H3/p+1. The van der Waals surface area contributed by atoms with Crippen LogP contribution in [0.15, 0.2) is 128 Å². The first-order valence-electron chi connectivity index (χ1n) is 13.8. The summed E-state index contributed by atoms with van der Waals surface area (Å²) in [6, 6.07) is 41.8. The Hall–Kier alpha value is -4.69. The number of rotatable bonds is 5. The molecule has 1 N–H and O–H groups in total. The summed E-state index contributed by atoms with van der Waals surface area (Å²) in [6.45, 7) is 4.58. The average Bonchev–Trinajstić information content (AvgIpc) is 3.62. The molecule has 0 unspecified atom stereocenters. The number of H-pyrrole nitrogens is 1. The van der Waals surface area contributed by atoms with Gasteiger partial charge in [-0.05, 0) is 63.4 Å². The number of hydrogen-bond acceptors (Lipinski definition) is 0. The van der Waals surface area contributed by atoms with E-state index in [-0.39, 0.29) is 0 Å². The van der Waals surface area contributed by atoms with Crippen molar-refractivity contribution in [3.8, 4) is 50.5 Å². The Morgan fingerprint density at radius 1 is 0.615 bits per heavy atom. The molecule has 2 nitrogen and oxygen atoms in total. The fourth-order valence-corrected chi connectivity index (χ4v) is 6.16. The summed E-state index contributed by atoms with van der Waals surface area (Å²) in [5.74, 6) is 1.59. The van der Waals surface area contributed by atoms with Crippen molar-refractivity contribution in [2.45, 2.75) is 26.2 Å². The normalized spacial score (nSPS) is 12.0. The summed E-state index contributed by atoms with van der Waals surface area (Å²) < 4.78 is 2.33. The first-order valence-corrected chi connectivity index (χ1v) is 13.8. The van der Waals surface area contributed by atoms with Crippen molar-refractivity contribution < 1.29 is 4.57 Å². The molecule has 0 spiro atoms. The third kappa shape index (κ3) is 4.00. The van der Waals surface area contributed by atoms with Crippen LogP contribution in [-0.2, 0) is 6.42 Å². The fourth-order valence-electron chi connectivity index (χ4n) is 6.16. The first kappa shape index (κ1) is 23.4. The van der Waals surface area contributed by atoms with Gasteiger partial charge < -0.3 is 0 Å². The number of benzene rings is 5. The van der Waals surface area contributed by atoms with Crippen molar-refractivity contribution in [2.24, 2.45) is 0 Å². The summed E-state index contributed by atoms with van der Waals surface area (Å²) in [4.78, 5) is 3.59. The van der Waals surface area contributed by atoms with Gasteiger partial charge in [0.15, 0.2) is 0 Å². The van der Waals surface area contributed by atoms with E-state index in [4.69, 9.17) is 0 Å². The number of nitrogens with one attached hydrogen (secondary N) is 1. The molecule has 1 aliphatic rings. The van der Waals surface area contributed by atoms with E-state index in [2.05, 4.69) is 145 Å². The van der Waals surface area contributed by atoms with Crippen LogP contribution in [0.3, 0.4) is 0 Å². The van der Waals surface area contributed by atoms with Gasteiger partial charge in [-0.2, -0.15) is 4.57 Å². The van der Waals surface area contributed by atoms with E-state index in [1.807, 2.05) is 6.20 Å². The highest BCUT2D eigenvalue weighted by atomic mass is 15.1. The number of aromatic amines is 1. The van der Waals surface area contributed by atoms with Gasteiger partial charge >= 0.3 is 0 Å². The molecule has 39 heavy (non-hydrogen) atoms. The minimum absolute atomic E-state index is 0.519. The maximum absolute atomic E-state index is 3.59. The Morgan fingerprint density at radius 3 is 1.92 bits per heavy atom. The zero-order valence-electron chi connectivity index (χ0n) is 22.4. The smallest absolute Gasteiger partial charge is 0.243 e. The zero-order chi connectivity index (χ0) is 26.3. The van der Waals surface area contributed by atoms with Crippen LogP contribution in [0.1, 0.15) is 36.5 Å². The van der Waals surface area contributed by atoms with Crippen LogP contribution in [0.5, 0.6) is 0 Å². The second kappa shape index (κ2) is 9.56. The molecule has 0 radical (unpaired) electrons. The van der Waals surface area contributed by atoms with E-state index < -0.39 is 0 Å². The predicted molar refractivity (Wildman–Crippen MR) is 161 cm³/mol. The molecule has 5 aromatic carbocycles. The molecule has 1 aliphatic carbocycles. The van der Waals surface area contributed by atoms with Gasteiger partial charge in [0.2, 0.25) is 0 Å². The Morgan fingerprint density at radius 2 is 1.26 bits per heavy atom. The van der Waals surface area contributed by atoms with Crippen LogP contribution in [0.4, 0.5) is 0 Å². The molecule has 0 amide bonds. The molecule has 6 aromatic rings. The van der Waals surface area contributed by atoms with Crippen molar-refractivity contribution in [1.82, 2.24) is 4.98 Å². The van der Waals surface area contributed by atoms with Gasteiger partial charge in [-0.25, -0.2) is 4.98 Å². The molecule has 0 saturated heterocycles. The van der Waals surface area contributed by atoms with Crippen LogP contribution in [0.25, 0.3) is 50.5 Å². The summed E-state index contributed by atoms with van der Waals surface area (Å²) in [7, 11) is 0. The lowest BCUT2D eigenvalue weighted by atomic mass is 9.93. The highest BCUT2D eigenvalue weighted by Gasteiger charge is 2.26. The quantitative estimate of drug-likeness (QED) is 0.226. The molecule has 0 atom stereocenters. The maximum atomic E-state index is 3.59. The fraction of sp³-hybridized carbons (Fsp3) is 0.108. The van der Waals surface area contributed by atoms with Gasteiger partial charge in [0, 0.05) is 11.1 Å². The third-order valence-corrected chi connectivity index (χ3v) is 8.01. The Bertz CT molecular complexity index is 1740. The van der Waals surface area contributed by atoms with E-state index in [1.54, 1.807) is 0 Å². The molecule has 1 aromatic heterocycles. The van der Waals surface area contributed by atoms with Crippen LogP contribution in [-0.4, -0.2) is 4.98 Å². The topological polar surface area (TPSA) is 19.7 Å². The molecular weight excluding hydrogens is 472 g/mol. The molecule has 1 heterocycles. The molecular formula is C37H31N2+. The van der Waals surface area contributed by atoms with Gasteiger partial charge in [0.25, 0.3) is 5.82 Å². The Labute approximate surface area is 230 Å². The van der Waals surface area contributed by atoms with Crippen molar-refractivity contribution >= 4 is 0 Å². The van der Waals surface area contributed by atoms with E-state index >= 15 is 0 Å². The van der Waals surface area contributed by atoms with E-state index in [0.717, 1.165) is 12.2 Å².